The molecule has 0 aliphatic heterocycles. The molecule has 2 N–H and O–H groups in total. The van der Waals surface area contributed by atoms with E-state index >= 15 is 0 Å². The van der Waals surface area contributed by atoms with Gasteiger partial charge in [0.15, 0.2) is 0 Å². The van der Waals surface area contributed by atoms with Gasteiger partial charge in [-0.3, -0.25) is 4.98 Å². The van der Waals surface area contributed by atoms with Crippen molar-refractivity contribution in [2.45, 2.75) is 6.54 Å². The SMILES string of the molecule is C=CCN(C)c1ccncc1CN. The Morgan fingerprint density at radius 1 is 1.69 bits per heavy atom. The highest BCUT2D eigenvalue weighted by molar-refractivity contribution is 5.51. The average molecular weight is 177 g/mol. The number of nitrogens with two attached hydrogens (primary N) is 1. The largest absolute Gasteiger partial charge is 0.371 e. The Hall–Kier alpha value is -1.35. The van der Waals surface area contributed by atoms with Crippen LogP contribution in [-0.4, -0.2) is 18.6 Å². The fourth-order valence-electron chi connectivity index (χ4n) is 1.24. The minimum absolute atomic E-state index is 0.519. The molecule has 0 bridgehead atoms. The summed E-state index contributed by atoms with van der Waals surface area (Å²) in [5.74, 6) is 0. The number of rotatable bonds is 4. The van der Waals surface area contributed by atoms with E-state index in [0.29, 0.717) is 6.54 Å². The van der Waals surface area contributed by atoms with Crippen molar-refractivity contribution < 1.29 is 0 Å². The number of likely N-dealkylation sites (N-methyl/N-ethyl adjacent to an activating group) is 1. The predicted molar refractivity (Wildman–Crippen MR) is 55.6 cm³/mol. The Kier molecular flexibility index (Phi) is 3.46. The molecule has 70 valence electrons. The third kappa shape index (κ3) is 2.29. The molecule has 0 aliphatic carbocycles. The molecule has 0 saturated carbocycles. The van der Waals surface area contributed by atoms with Crippen molar-refractivity contribution >= 4 is 5.69 Å². The topological polar surface area (TPSA) is 42.2 Å². The maximum absolute atomic E-state index is 5.59. The standard InChI is InChI=1S/C10H15N3/c1-3-6-13(2)10-4-5-12-8-9(10)7-11/h3-5,8H,1,6-7,11H2,2H3. The fourth-order valence-corrected chi connectivity index (χ4v) is 1.24. The molecular formula is C10H15N3. The predicted octanol–water partition coefficient (Wildman–Crippen LogP) is 1.16. The molecule has 0 aliphatic rings. The first-order valence-corrected chi connectivity index (χ1v) is 4.24. The van der Waals surface area contributed by atoms with Crippen molar-refractivity contribution in [1.82, 2.24) is 4.98 Å². The summed E-state index contributed by atoms with van der Waals surface area (Å²) >= 11 is 0. The number of hydrogen-bond acceptors (Lipinski definition) is 3. The van der Waals surface area contributed by atoms with Crippen LogP contribution < -0.4 is 10.6 Å². The minimum atomic E-state index is 0.519. The highest BCUT2D eigenvalue weighted by Gasteiger charge is 2.03. The summed E-state index contributed by atoms with van der Waals surface area (Å²) in [6.07, 6.45) is 5.43. The van der Waals surface area contributed by atoms with Gasteiger partial charge in [-0.2, -0.15) is 0 Å². The van der Waals surface area contributed by atoms with Crippen molar-refractivity contribution in [2.75, 3.05) is 18.5 Å². The smallest absolute Gasteiger partial charge is 0.0442 e. The number of hydrogen-bond donors (Lipinski definition) is 1. The molecular weight excluding hydrogens is 162 g/mol. The zero-order valence-corrected chi connectivity index (χ0v) is 7.90. The van der Waals surface area contributed by atoms with Crippen LogP contribution in [0, 0.1) is 0 Å². The van der Waals surface area contributed by atoms with Gasteiger partial charge < -0.3 is 10.6 Å². The monoisotopic (exact) mass is 177 g/mol. The zero-order valence-electron chi connectivity index (χ0n) is 7.90. The lowest BCUT2D eigenvalue weighted by atomic mass is 10.2. The summed E-state index contributed by atoms with van der Waals surface area (Å²) in [6, 6.07) is 1.96. The molecule has 0 fully saturated rings. The van der Waals surface area contributed by atoms with Crippen LogP contribution in [0.15, 0.2) is 31.1 Å². The van der Waals surface area contributed by atoms with Gasteiger partial charge in [0.2, 0.25) is 0 Å². The number of anilines is 1. The molecule has 0 unspecified atom stereocenters. The highest BCUT2D eigenvalue weighted by Crippen LogP contribution is 2.16. The van der Waals surface area contributed by atoms with Crippen molar-refractivity contribution in [3.63, 3.8) is 0 Å². The van der Waals surface area contributed by atoms with Gasteiger partial charge in [-0.15, -0.1) is 6.58 Å². The lowest BCUT2D eigenvalue weighted by Crippen LogP contribution is -2.19. The maximum Gasteiger partial charge on any atom is 0.0442 e. The van der Waals surface area contributed by atoms with E-state index in [-0.39, 0.29) is 0 Å². The molecule has 0 spiro atoms. The van der Waals surface area contributed by atoms with Crippen LogP contribution >= 0.6 is 0 Å². The van der Waals surface area contributed by atoms with Gasteiger partial charge in [0, 0.05) is 43.8 Å². The van der Waals surface area contributed by atoms with E-state index in [1.54, 1.807) is 12.4 Å². The molecule has 3 nitrogen and oxygen atoms in total. The van der Waals surface area contributed by atoms with E-state index in [0.717, 1.165) is 17.8 Å². The first-order valence-electron chi connectivity index (χ1n) is 4.24. The normalized spacial score (nSPS) is 9.69. The highest BCUT2D eigenvalue weighted by atomic mass is 15.1. The minimum Gasteiger partial charge on any atom is -0.371 e. The quantitative estimate of drug-likeness (QED) is 0.702. The molecule has 3 heteroatoms. The molecule has 1 aromatic heterocycles. The van der Waals surface area contributed by atoms with Crippen LogP contribution in [0.4, 0.5) is 5.69 Å². The third-order valence-corrected chi connectivity index (χ3v) is 1.91. The van der Waals surface area contributed by atoms with Gasteiger partial charge in [0.05, 0.1) is 0 Å². The van der Waals surface area contributed by atoms with E-state index in [4.69, 9.17) is 5.73 Å². The molecule has 13 heavy (non-hydrogen) atoms. The number of pyridine rings is 1. The fraction of sp³-hybridized carbons (Fsp3) is 0.300. The second-order valence-corrected chi connectivity index (χ2v) is 2.88. The lowest BCUT2D eigenvalue weighted by molar-refractivity contribution is 0.971. The number of aromatic nitrogens is 1. The van der Waals surface area contributed by atoms with Crippen LogP contribution in [0.25, 0.3) is 0 Å². The summed E-state index contributed by atoms with van der Waals surface area (Å²) in [4.78, 5) is 6.12. The van der Waals surface area contributed by atoms with E-state index in [9.17, 15) is 0 Å². The molecule has 1 heterocycles. The Labute approximate surface area is 78.9 Å². The maximum atomic E-state index is 5.59. The van der Waals surface area contributed by atoms with Crippen LogP contribution in [0.2, 0.25) is 0 Å². The second-order valence-electron chi connectivity index (χ2n) is 2.88. The van der Waals surface area contributed by atoms with Crippen LogP contribution in [0.5, 0.6) is 0 Å². The Morgan fingerprint density at radius 3 is 3.08 bits per heavy atom. The Bertz CT molecular complexity index is 283. The zero-order chi connectivity index (χ0) is 9.68. The Balaban J connectivity index is 2.91. The third-order valence-electron chi connectivity index (χ3n) is 1.91. The molecule has 0 radical (unpaired) electrons. The van der Waals surface area contributed by atoms with E-state index in [1.807, 2.05) is 19.2 Å². The van der Waals surface area contributed by atoms with Crippen molar-refractivity contribution in [1.29, 1.82) is 0 Å². The molecule has 1 rings (SSSR count). The summed E-state index contributed by atoms with van der Waals surface area (Å²) in [6.45, 7) is 5.03. The molecule has 0 saturated heterocycles. The van der Waals surface area contributed by atoms with Crippen LogP contribution in [-0.2, 0) is 6.54 Å². The Morgan fingerprint density at radius 2 is 2.46 bits per heavy atom. The van der Waals surface area contributed by atoms with Gasteiger partial charge in [-0.1, -0.05) is 6.08 Å². The van der Waals surface area contributed by atoms with Crippen LogP contribution in [0.1, 0.15) is 5.56 Å². The van der Waals surface area contributed by atoms with Crippen molar-refractivity contribution in [3.05, 3.63) is 36.7 Å². The summed E-state index contributed by atoms with van der Waals surface area (Å²) in [5, 5.41) is 0. The molecule has 0 amide bonds. The average Bonchev–Trinajstić information content (AvgIpc) is 2.18. The van der Waals surface area contributed by atoms with Gasteiger partial charge >= 0.3 is 0 Å². The molecule has 1 aromatic rings. The van der Waals surface area contributed by atoms with E-state index < -0.39 is 0 Å². The van der Waals surface area contributed by atoms with E-state index in [1.165, 1.54) is 0 Å². The van der Waals surface area contributed by atoms with Gasteiger partial charge in [-0.25, -0.2) is 0 Å². The van der Waals surface area contributed by atoms with Crippen LogP contribution in [0.3, 0.4) is 0 Å². The lowest BCUT2D eigenvalue weighted by Gasteiger charge is -2.19. The number of nitrogens with zero attached hydrogens (tertiary/aromatic N) is 2. The van der Waals surface area contributed by atoms with Gasteiger partial charge in [0.25, 0.3) is 0 Å². The second kappa shape index (κ2) is 4.62. The van der Waals surface area contributed by atoms with E-state index in [2.05, 4.69) is 16.5 Å². The van der Waals surface area contributed by atoms with Gasteiger partial charge in [0.1, 0.15) is 0 Å². The summed E-state index contributed by atoms with van der Waals surface area (Å²) < 4.78 is 0. The first-order chi connectivity index (χ1) is 6.29. The van der Waals surface area contributed by atoms with Gasteiger partial charge in [-0.05, 0) is 6.07 Å². The summed E-state index contributed by atoms with van der Waals surface area (Å²) in [5.41, 5.74) is 7.78. The summed E-state index contributed by atoms with van der Waals surface area (Å²) in [7, 11) is 2.01. The first kappa shape index (κ1) is 9.74. The van der Waals surface area contributed by atoms with Crippen molar-refractivity contribution in [3.8, 4) is 0 Å². The molecule has 0 atom stereocenters. The van der Waals surface area contributed by atoms with Crippen molar-refractivity contribution in [2.24, 2.45) is 5.73 Å². The molecule has 0 aromatic carbocycles.